The van der Waals surface area contributed by atoms with Crippen molar-refractivity contribution in [3.8, 4) is 5.75 Å². The lowest BCUT2D eigenvalue weighted by atomic mass is 9.89. The van der Waals surface area contributed by atoms with E-state index in [1.54, 1.807) is 20.8 Å². The van der Waals surface area contributed by atoms with E-state index >= 15 is 0 Å². The van der Waals surface area contributed by atoms with Crippen LogP contribution in [0.3, 0.4) is 0 Å². The Balaban J connectivity index is 1.85. The highest BCUT2D eigenvalue weighted by Gasteiger charge is 2.37. The Morgan fingerprint density at radius 2 is 1.97 bits per heavy atom. The van der Waals surface area contributed by atoms with Crippen molar-refractivity contribution in [2.24, 2.45) is 5.41 Å². The van der Waals surface area contributed by atoms with E-state index < -0.39 is 27.1 Å². The van der Waals surface area contributed by atoms with Gasteiger partial charge in [-0.3, -0.25) is 4.79 Å². The highest BCUT2D eigenvalue weighted by atomic mass is 32.2. The number of hydrogen-bond acceptors (Lipinski definition) is 7. The number of anilines is 1. The predicted octanol–water partition coefficient (Wildman–Crippen LogP) is 3.41. The normalized spacial score (nSPS) is 18.6. The van der Waals surface area contributed by atoms with E-state index in [9.17, 15) is 13.2 Å². The lowest BCUT2D eigenvalue weighted by Crippen LogP contribution is -2.41. The number of fused-ring (bicyclic) bond motifs is 1. The Hall–Kier alpha value is -2.04. The third-order valence-electron chi connectivity index (χ3n) is 4.46. The van der Waals surface area contributed by atoms with Crippen molar-refractivity contribution in [2.75, 3.05) is 5.32 Å². The van der Waals surface area contributed by atoms with Crippen molar-refractivity contribution >= 4 is 32.4 Å². The van der Waals surface area contributed by atoms with Gasteiger partial charge in [-0.25, -0.2) is 13.1 Å². The van der Waals surface area contributed by atoms with Crippen LogP contribution in [0.25, 0.3) is 0 Å². The summed E-state index contributed by atoms with van der Waals surface area (Å²) in [5, 5.41) is 10.3. The number of nitrogens with one attached hydrogen (secondary N) is 2. The van der Waals surface area contributed by atoms with Gasteiger partial charge in [0.15, 0.2) is 0 Å². The zero-order chi connectivity index (χ0) is 21.6. The highest BCUT2D eigenvalue weighted by Crippen LogP contribution is 2.40. The number of aryl methyl sites for hydroxylation is 1. The fourth-order valence-corrected chi connectivity index (χ4v) is 5.10. The quantitative estimate of drug-likeness (QED) is 0.708. The number of rotatable bonds is 4. The number of nitrogens with zero attached hydrogens (tertiary/aromatic N) is 2. The number of aromatic nitrogens is 2. The Morgan fingerprint density at radius 3 is 2.62 bits per heavy atom. The van der Waals surface area contributed by atoms with Gasteiger partial charge in [0.1, 0.15) is 11.4 Å². The number of sulfonamides is 1. The number of amides is 1. The molecule has 0 spiro atoms. The van der Waals surface area contributed by atoms with Crippen LogP contribution in [0.5, 0.6) is 5.75 Å². The van der Waals surface area contributed by atoms with Crippen LogP contribution in [0.4, 0.5) is 5.13 Å². The highest BCUT2D eigenvalue weighted by molar-refractivity contribution is 7.91. The largest absolute Gasteiger partial charge is 0.487 e. The van der Waals surface area contributed by atoms with E-state index in [0.29, 0.717) is 12.2 Å². The third kappa shape index (κ3) is 4.93. The lowest BCUT2D eigenvalue weighted by Gasteiger charge is -2.37. The molecule has 0 saturated heterocycles. The molecule has 1 aromatic carbocycles. The first-order chi connectivity index (χ1) is 13.3. The topological polar surface area (TPSA) is 110 Å². The van der Waals surface area contributed by atoms with Crippen molar-refractivity contribution in [2.45, 2.75) is 63.9 Å². The van der Waals surface area contributed by atoms with Gasteiger partial charge in [0, 0.05) is 17.4 Å². The lowest BCUT2D eigenvalue weighted by molar-refractivity contribution is -0.123. The second-order valence-corrected chi connectivity index (χ2v) is 11.7. The minimum Gasteiger partial charge on any atom is -0.487 e. The van der Waals surface area contributed by atoms with Gasteiger partial charge in [-0.2, -0.15) is 0 Å². The molecule has 0 unspecified atom stereocenters. The summed E-state index contributed by atoms with van der Waals surface area (Å²) in [6, 6.07) is 5.25. The van der Waals surface area contributed by atoms with Crippen LogP contribution in [-0.4, -0.2) is 30.1 Å². The first-order valence-corrected chi connectivity index (χ1v) is 11.5. The molecule has 2 N–H and O–H groups in total. The van der Waals surface area contributed by atoms with Crippen LogP contribution in [0.15, 0.2) is 22.5 Å². The summed E-state index contributed by atoms with van der Waals surface area (Å²) in [6.07, 6.45) is 0.467. The molecule has 0 bridgehead atoms. The van der Waals surface area contributed by atoms with E-state index in [0.717, 1.165) is 22.5 Å². The molecular weight excluding hydrogens is 412 g/mol. The van der Waals surface area contributed by atoms with Crippen LogP contribution in [0.1, 0.15) is 58.2 Å². The molecule has 158 valence electrons. The van der Waals surface area contributed by atoms with Crippen molar-refractivity contribution in [1.82, 2.24) is 14.9 Å². The van der Waals surface area contributed by atoms with Crippen LogP contribution in [-0.2, 0) is 14.8 Å². The summed E-state index contributed by atoms with van der Waals surface area (Å²) in [6.45, 7) is 11.1. The maximum atomic E-state index is 12.9. The van der Waals surface area contributed by atoms with Crippen molar-refractivity contribution in [1.29, 1.82) is 0 Å². The van der Waals surface area contributed by atoms with Crippen molar-refractivity contribution in [3.05, 3.63) is 29.3 Å². The van der Waals surface area contributed by atoms with E-state index in [4.69, 9.17) is 4.74 Å². The summed E-state index contributed by atoms with van der Waals surface area (Å²) in [7, 11) is -3.93. The molecule has 1 aromatic heterocycles. The summed E-state index contributed by atoms with van der Waals surface area (Å²) in [4.78, 5) is 12.1. The van der Waals surface area contributed by atoms with Crippen LogP contribution >= 0.6 is 11.3 Å². The predicted molar refractivity (Wildman–Crippen MR) is 112 cm³/mol. The third-order valence-corrected chi connectivity index (χ3v) is 7.14. The molecule has 1 amide bonds. The smallest absolute Gasteiger partial charge is 0.270 e. The fourth-order valence-electron chi connectivity index (χ4n) is 2.97. The number of ether oxygens (including phenoxy) is 1. The van der Waals surface area contributed by atoms with Gasteiger partial charge >= 0.3 is 0 Å². The van der Waals surface area contributed by atoms with Crippen molar-refractivity contribution in [3.63, 3.8) is 0 Å². The number of carbonyl (C=O) groups is 1. The average molecular weight is 439 g/mol. The van der Waals surface area contributed by atoms with Crippen LogP contribution in [0.2, 0.25) is 0 Å². The molecule has 0 saturated carbocycles. The Bertz CT molecular complexity index is 1040. The Labute approximate surface area is 175 Å². The summed E-state index contributed by atoms with van der Waals surface area (Å²) in [5.41, 5.74) is 0.652. The summed E-state index contributed by atoms with van der Waals surface area (Å²) >= 11 is 0.821. The Kier molecular flexibility index (Phi) is 5.48. The van der Waals surface area contributed by atoms with E-state index in [1.807, 2.05) is 39.0 Å². The molecular formula is C19H26N4O4S2. The monoisotopic (exact) mass is 438 g/mol. The summed E-state index contributed by atoms with van der Waals surface area (Å²) < 4.78 is 34.4. The van der Waals surface area contributed by atoms with Gasteiger partial charge < -0.3 is 10.1 Å². The maximum absolute atomic E-state index is 12.9. The molecule has 2 aromatic rings. The molecule has 10 heteroatoms. The van der Waals surface area contributed by atoms with Crippen molar-refractivity contribution < 1.29 is 17.9 Å². The van der Waals surface area contributed by atoms with Gasteiger partial charge in [-0.15, -0.1) is 10.2 Å². The summed E-state index contributed by atoms with van der Waals surface area (Å²) in [5.74, 6) is 0.399. The fraction of sp³-hybridized carbons (Fsp3) is 0.526. The molecule has 0 fully saturated rings. The number of hydrogen-bond donors (Lipinski definition) is 2. The standard InChI is InChI=1S/C19H26N4O4S2/c1-11-7-8-14-12(9-11)13(10-19(5,6)27-14)23-29(25,26)17-22-21-16(28-17)20-15(24)18(2,3)4/h7-9,13,23H,10H2,1-6H3,(H,20,21,24)/t13-/m0/s1. The minimum atomic E-state index is -3.93. The zero-order valence-electron chi connectivity index (χ0n) is 17.4. The Morgan fingerprint density at radius 1 is 1.28 bits per heavy atom. The molecule has 0 aliphatic carbocycles. The molecule has 1 aliphatic rings. The molecule has 0 radical (unpaired) electrons. The molecule has 1 atom stereocenters. The average Bonchev–Trinajstić information content (AvgIpc) is 3.03. The maximum Gasteiger partial charge on any atom is 0.270 e. The molecule has 3 rings (SSSR count). The van der Waals surface area contributed by atoms with Gasteiger partial charge in [0.2, 0.25) is 15.4 Å². The molecule has 1 aliphatic heterocycles. The van der Waals surface area contributed by atoms with Gasteiger partial charge in [0.25, 0.3) is 10.0 Å². The van der Waals surface area contributed by atoms with E-state index in [2.05, 4.69) is 20.2 Å². The number of carbonyl (C=O) groups excluding carboxylic acids is 1. The van der Waals surface area contributed by atoms with E-state index in [1.165, 1.54) is 0 Å². The van der Waals surface area contributed by atoms with Crippen LogP contribution in [0, 0.1) is 12.3 Å². The van der Waals surface area contributed by atoms with Gasteiger partial charge in [-0.05, 0) is 26.8 Å². The minimum absolute atomic E-state index is 0.147. The zero-order valence-corrected chi connectivity index (χ0v) is 19.0. The molecule has 8 nitrogen and oxygen atoms in total. The van der Waals surface area contributed by atoms with Crippen LogP contribution < -0.4 is 14.8 Å². The van der Waals surface area contributed by atoms with Gasteiger partial charge in [-0.1, -0.05) is 49.8 Å². The second-order valence-electron chi connectivity index (χ2n) is 8.86. The van der Waals surface area contributed by atoms with Gasteiger partial charge in [0.05, 0.1) is 6.04 Å². The number of benzene rings is 1. The molecule has 2 heterocycles. The first-order valence-electron chi connectivity index (χ1n) is 9.24. The second kappa shape index (κ2) is 7.33. The van der Waals surface area contributed by atoms with E-state index in [-0.39, 0.29) is 15.4 Å². The SMILES string of the molecule is Cc1ccc2c(c1)[C@@H](NS(=O)(=O)c1nnc(NC(=O)C(C)(C)C)s1)CC(C)(C)O2. The molecule has 29 heavy (non-hydrogen) atoms. The first kappa shape index (κ1) is 21.7.